The summed E-state index contributed by atoms with van der Waals surface area (Å²) in [6.07, 6.45) is 0.439. The molecule has 2 rings (SSSR count). The third-order valence-corrected chi connectivity index (χ3v) is 3.35. The Kier molecular flexibility index (Phi) is 5.42. The predicted octanol–water partition coefficient (Wildman–Crippen LogP) is 3.19. The number of nitrogens with zero attached hydrogens (tertiary/aromatic N) is 1. The number of rotatable bonds is 6. The Labute approximate surface area is 139 Å². The number of nitrogens with one attached hydrogen (secondary N) is 1. The van der Waals surface area contributed by atoms with E-state index < -0.39 is 10.8 Å². The molecule has 8 heteroatoms. The zero-order chi connectivity index (χ0) is 16.8. The summed E-state index contributed by atoms with van der Waals surface area (Å²) >= 11 is 3.29. The highest BCUT2D eigenvalue weighted by atomic mass is 79.9. The van der Waals surface area contributed by atoms with Crippen LogP contribution in [0, 0.1) is 10.1 Å². The monoisotopic (exact) mass is 378 g/mol. The van der Waals surface area contributed by atoms with Gasteiger partial charge in [0.25, 0.3) is 11.6 Å². The van der Waals surface area contributed by atoms with Crippen LogP contribution >= 0.6 is 15.9 Å². The lowest BCUT2D eigenvalue weighted by atomic mass is 10.2. The minimum Gasteiger partial charge on any atom is -0.483 e. The molecule has 0 heterocycles. The van der Waals surface area contributed by atoms with Gasteiger partial charge in [-0.15, -0.1) is 0 Å². The van der Waals surface area contributed by atoms with Crippen LogP contribution in [0.1, 0.15) is 10.4 Å². The second-order valence-electron chi connectivity index (χ2n) is 4.44. The maximum atomic E-state index is 11.8. The molecule has 0 spiro atoms. The SMILES string of the molecule is O=Cc1cc([N+](=O)[O-])ccc1OCC(=O)Nc1ccc(Br)cc1. The van der Waals surface area contributed by atoms with Crippen molar-refractivity contribution in [3.05, 3.63) is 62.6 Å². The molecule has 7 nitrogen and oxygen atoms in total. The van der Waals surface area contributed by atoms with Gasteiger partial charge in [0.1, 0.15) is 5.75 Å². The fraction of sp³-hybridized carbons (Fsp3) is 0.0667. The van der Waals surface area contributed by atoms with Gasteiger partial charge in [0.05, 0.1) is 10.5 Å². The Morgan fingerprint density at radius 3 is 2.57 bits per heavy atom. The van der Waals surface area contributed by atoms with Gasteiger partial charge in [-0.05, 0) is 30.3 Å². The van der Waals surface area contributed by atoms with Gasteiger partial charge in [-0.1, -0.05) is 15.9 Å². The van der Waals surface area contributed by atoms with E-state index >= 15 is 0 Å². The van der Waals surface area contributed by atoms with Crippen molar-refractivity contribution >= 4 is 39.5 Å². The number of nitro benzene ring substituents is 1. The molecule has 1 amide bonds. The highest BCUT2D eigenvalue weighted by Crippen LogP contribution is 2.22. The summed E-state index contributed by atoms with van der Waals surface area (Å²) in [5, 5.41) is 13.3. The lowest BCUT2D eigenvalue weighted by Gasteiger charge is -2.09. The number of halogens is 1. The highest BCUT2D eigenvalue weighted by Gasteiger charge is 2.12. The molecule has 23 heavy (non-hydrogen) atoms. The first kappa shape index (κ1) is 16.6. The number of ether oxygens (including phenoxy) is 1. The van der Waals surface area contributed by atoms with Crippen LogP contribution < -0.4 is 10.1 Å². The minimum atomic E-state index is -0.614. The van der Waals surface area contributed by atoms with Crippen molar-refractivity contribution < 1.29 is 19.2 Å². The van der Waals surface area contributed by atoms with Crippen molar-refractivity contribution in [1.82, 2.24) is 0 Å². The van der Waals surface area contributed by atoms with Crippen molar-refractivity contribution in [3.8, 4) is 5.75 Å². The second-order valence-corrected chi connectivity index (χ2v) is 5.36. The molecule has 0 atom stereocenters. The molecule has 0 aromatic heterocycles. The molecule has 0 aliphatic heterocycles. The number of non-ortho nitro benzene ring substituents is 1. The summed E-state index contributed by atoms with van der Waals surface area (Å²) in [5.74, 6) is -0.306. The summed E-state index contributed by atoms with van der Waals surface area (Å²) in [5.41, 5.74) is 0.385. The Morgan fingerprint density at radius 2 is 1.96 bits per heavy atom. The number of aldehydes is 1. The average molecular weight is 379 g/mol. The molecule has 0 radical (unpaired) electrons. The quantitative estimate of drug-likeness (QED) is 0.472. The molecule has 0 unspecified atom stereocenters. The van der Waals surface area contributed by atoms with E-state index in [1.54, 1.807) is 24.3 Å². The van der Waals surface area contributed by atoms with Gasteiger partial charge >= 0.3 is 0 Å². The van der Waals surface area contributed by atoms with E-state index in [4.69, 9.17) is 4.74 Å². The third kappa shape index (κ3) is 4.62. The summed E-state index contributed by atoms with van der Waals surface area (Å²) in [7, 11) is 0. The largest absolute Gasteiger partial charge is 0.483 e. The molecule has 0 saturated heterocycles. The van der Waals surface area contributed by atoms with Crippen molar-refractivity contribution in [2.75, 3.05) is 11.9 Å². The summed E-state index contributed by atoms with van der Waals surface area (Å²) in [6, 6.07) is 10.6. The maximum Gasteiger partial charge on any atom is 0.270 e. The van der Waals surface area contributed by atoms with Crippen LogP contribution in [0.15, 0.2) is 46.9 Å². The number of carbonyl (C=O) groups excluding carboxylic acids is 2. The summed E-state index contributed by atoms with van der Waals surface area (Å²) in [4.78, 5) is 32.8. The number of hydrogen-bond acceptors (Lipinski definition) is 5. The van der Waals surface area contributed by atoms with E-state index in [0.717, 1.165) is 10.5 Å². The summed E-state index contributed by atoms with van der Waals surface area (Å²) < 4.78 is 6.13. The Hall–Kier alpha value is -2.74. The first-order valence-electron chi connectivity index (χ1n) is 6.41. The summed E-state index contributed by atoms with van der Waals surface area (Å²) in [6.45, 7) is -0.325. The standard InChI is InChI=1S/C15H11BrN2O5/c16-11-1-3-12(4-2-11)17-15(20)9-23-14-6-5-13(18(21)22)7-10(14)8-19/h1-8H,9H2,(H,17,20). The van der Waals surface area contributed by atoms with Gasteiger partial charge in [-0.2, -0.15) is 0 Å². The molecule has 2 aromatic carbocycles. The number of anilines is 1. The molecule has 0 aliphatic carbocycles. The lowest BCUT2D eigenvalue weighted by Crippen LogP contribution is -2.20. The first-order valence-corrected chi connectivity index (χ1v) is 7.20. The molecule has 0 aliphatic rings. The van der Waals surface area contributed by atoms with E-state index in [-0.39, 0.29) is 23.6 Å². The van der Waals surface area contributed by atoms with E-state index in [2.05, 4.69) is 21.2 Å². The Balaban J connectivity index is 1.99. The van der Waals surface area contributed by atoms with Crippen LogP contribution in [0.4, 0.5) is 11.4 Å². The van der Waals surface area contributed by atoms with Gasteiger partial charge in [0.2, 0.25) is 0 Å². The second kappa shape index (κ2) is 7.50. The van der Waals surface area contributed by atoms with Crippen LogP contribution in [0.5, 0.6) is 5.75 Å². The highest BCUT2D eigenvalue weighted by molar-refractivity contribution is 9.10. The molecule has 118 valence electrons. The first-order chi connectivity index (χ1) is 11.0. The smallest absolute Gasteiger partial charge is 0.270 e. The lowest BCUT2D eigenvalue weighted by molar-refractivity contribution is -0.384. The Morgan fingerprint density at radius 1 is 1.26 bits per heavy atom. The van der Waals surface area contributed by atoms with Gasteiger partial charge in [0, 0.05) is 22.3 Å². The zero-order valence-electron chi connectivity index (χ0n) is 11.7. The fourth-order valence-corrected chi connectivity index (χ4v) is 2.01. The third-order valence-electron chi connectivity index (χ3n) is 2.82. The normalized spacial score (nSPS) is 9.96. The van der Waals surface area contributed by atoms with Crippen LogP contribution in [-0.4, -0.2) is 23.7 Å². The van der Waals surface area contributed by atoms with E-state index in [0.29, 0.717) is 12.0 Å². The van der Waals surface area contributed by atoms with Gasteiger partial charge in [-0.25, -0.2) is 0 Å². The molecule has 1 N–H and O–H groups in total. The van der Waals surface area contributed by atoms with Crippen molar-refractivity contribution in [2.45, 2.75) is 0 Å². The Bertz CT molecular complexity index is 746. The van der Waals surface area contributed by atoms with Crippen LogP contribution in [0.2, 0.25) is 0 Å². The molecular weight excluding hydrogens is 368 g/mol. The molecule has 0 fully saturated rings. The fourth-order valence-electron chi connectivity index (χ4n) is 1.75. The molecule has 0 saturated carbocycles. The number of hydrogen-bond donors (Lipinski definition) is 1. The maximum absolute atomic E-state index is 11.8. The van der Waals surface area contributed by atoms with Crippen LogP contribution in [0.25, 0.3) is 0 Å². The average Bonchev–Trinajstić information content (AvgIpc) is 2.54. The van der Waals surface area contributed by atoms with Crippen molar-refractivity contribution in [1.29, 1.82) is 0 Å². The molecule has 0 bridgehead atoms. The number of amides is 1. The van der Waals surface area contributed by atoms with Gasteiger partial charge in [-0.3, -0.25) is 19.7 Å². The number of carbonyl (C=O) groups is 2. The van der Waals surface area contributed by atoms with E-state index in [9.17, 15) is 19.7 Å². The number of benzene rings is 2. The zero-order valence-corrected chi connectivity index (χ0v) is 13.3. The van der Waals surface area contributed by atoms with Gasteiger partial charge < -0.3 is 10.1 Å². The van der Waals surface area contributed by atoms with Crippen LogP contribution in [0.3, 0.4) is 0 Å². The number of nitro groups is 1. The van der Waals surface area contributed by atoms with E-state index in [1.807, 2.05) is 0 Å². The van der Waals surface area contributed by atoms with Crippen molar-refractivity contribution in [3.63, 3.8) is 0 Å². The topological polar surface area (TPSA) is 98.5 Å². The van der Waals surface area contributed by atoms with Crippen molar-refractivity contribution in [2.24, 2.45) is 0 Å². The molecular formula is C15H11BrN2O5. The minimum absolute atomic E-state index is 0.00985. The predicted molar refractivity (Wildman–Crippen MR) is 86.8 cm³/mol. The van der Waals surface area contributed by atoms with Crippen LogP contribution in [-0.2, 0) is 4.79 Å². The van der Waals surface area contributed by atoms with Gasteiger partial charge in [0.15, 0.2) is 12.9 Å². The van der Waals surface area contributed by atoms with E-state index in [1.165, 1.54) is 12.1 Å². The molecule has 2 aromatic rings.